The molecule has 0 aromatic carbocycles. The van der Waals surface area contributed by atoms with E-state index in [9.17, 15) is 4.79 Å². The van der Waals surface area contributed by atoms with Crippen LogP contribution in [-0.4, -0.2) is 19.9 Å². The zero-order chi connectivity index (χ0) is 7.84. The monoisotopic (exact) mass is 154 g/mol. The van der Waals surface area contributed by atoms with E-state index in [0.717, 1.165) is 0 Å². The van der Waals surface area contributed by atoms with Crippen LogP contribution in [-0.2, 0) is 0 Å². The lowest BCUT2D eigenvalue weighted by atomic mass is 10.6. The number of nitrogen functional groups attached to an aromatic ring is 1. The summed E-state index contributed by atoms with van der Waals surface area (Å²) >= 11 is 0. The van der Waals surface area contributed by atoms with Crippen LogP contribution in [0, 0.1) is 0 Å². The second-order valence-electron chi connectivity index (χ2n) is 2.05. The molecule has 0 fully saturated rings. The second-order valence-corrected chi connectivity index (χ2v) is 2.05. The molecule has 0 atom stereocenters. The molecule has 2 aromatic rings. The quantitative estimate of drug-likeness (QED) is 0.463. The summed E-state index contributed by atoms with van der Waals surface area (Å²) in [5.74, 6) is 0.0783. The molecule has 0 bridgehead atoms. The van der Waals surface area contributed by atoms with Crippen molar-refractivity contribution in [1.82, 2.24) is 19.9 Å². The Morgan fingerprint density at radius 1 is 1.55 bits per heavy atom. The summed E-state index contributed by atoms with van der Waals surface area (Å²) < 4.78 is 0. The van der Waals surface area contributed by atoms with Crippen molar-refractivity contribution in [1.29, 1.82) is 0 Å². The van der Waals surface area contributed by atoms with Gasteiger partial charge in [-0.15, -0.1) is 0 Å². The highest BCUT2D eigenvalue weighted by atomic mass is 16.1. The number of nitrogens with two attached hydrogens (primary N) is 1. The molecule has 0 unspecified atom stereocenters. The highest BCUT2D eigenvalue weighted by Gasteiger charge is 2.01. The molecule has 6 heteroatoms. The van der Waals surface area contributed by atoms with Crippen molar-refractivity contribution in [3.63, 3.8) is 0 Å². The molecule has 2 aromatic heterocycles. The van der Waals surface area contributed by atoms with Gasteiger partial charge in [0.2, 0.25) is 5.95 Å². The maximum atomic E-state index is 11.0. The lowest BCUT2D eigenvalue weighted by molar-refractivity contribution is 1.17. The van der Waals surface area contributed by atoms with Crippen LogP contribution < -0.4 is 11.3 Å². The van der Waals surface area contributed by atoms with E-state index in [4.69, 9.17) is 5.73 Å². The van der Waals surface area contributed by atoms with E-state index < -0.39 is 0 Å². The van der Waals surface area contributed by atoms with Crippen molar-refractivity contribution < 1.29 is 0 Å². The molecule has 4 N–H and O–H groups in total. The van der Waals surface area contributed by atoms with Crippen molar-refractivity contribution in [3.8, 4) is 0 Å². The topological polar surface area (TPSA) is 100 Å². The molecule has 0 saturated carbocycles. The number of fused-ring (bicyclic) bond motifs is 1. The summed E-state index contributed by atoms with van der Waals surface area (Å²) in [4.78, 5) is 23.5. The third-order valence-electron chi connectivity index (χ3n) is 1.31. The van der Waals surface area contributed by atoms with Crippen molar-refractivity contribution in [2.24, 2.45) is 0 Å². The number of anilines is 1. The van der Waals surface area contributed by atoms with Crippen LogP contribution in [0.5, 0.6) is 0 Å². The zero-order valence-corrected chi connectivity index (χ0v) is 5.46. The average molecular weight is 154 g/mol. The molecule has 56 valence electrons. The number of nitrogens with zero attached hydrogens (tertiary/aromatic N) is 2. The van der Waals surface area contributed by atoms with Gasteiger partial charge in [0.05, 0.1) is 6.33 Å². The SMILES string of the molecule is Nc1nc2[15n][13cH][15nH]c2c(=O)[nH]1. The molecule has 0 amide bonds. The van der Waals surface area contributed by atoms with Crippen molar-refractivity contribution in [2.75, 3.05) is 5.73 Å². The van der Waals surface area contributed by atoms with E-state index in [-0.39, 0.29) is 11.5 Å². The van der Waals surface area contributed by atoms with Crippen LogP contribution in [0.1, 0.15) is 0 Å². The fraction of sp³-hybridized carbons (Fsp3) is 0. The first-order valence-corrected chi connectivity index (χ1v) is 2.96. The van der Waals surface area contributed by atoms with E-state index in [1.165, 1.54) is 6.33 Å². The van der Waals surface area contributed by atoms with E-state index >= 15 is 0 Å². The van der Waals surface area contributed by atoms with Gasteiger partial charge in [0, 0.05) is 0 Å². The fourth-order valence-electron chi connectivity index (χ4n) is 0.860. The molecule has 0 aliphatic carbocycles. The minimum Gasteiger partial charge on any atom is -0.369 e. The first kappa shape index (κ1) is 5.90. The summed E-state index contributed by atoms with van der Waals surface area (Å²) in [6, 6.07) is 0. The maximum absolute atomic E-state index is 11.0. The number of aromatic amines is 2. The molecule has 0 radical (unpaired) electrons. The lowest BCUT2D eigenvalue weighted by Gasteiger charge is -1.89. The molecule has 2 rings (SSSR count). The van der Waals surface area contributed by atoms with Gasteiger partial charge in [-0.25, -0.2) is 4.98 Å². The Morgan fingerprint density at radius 2 is 2.36 bits per heavy atom. The van der Waals surface area contributed by atoms with Crippen LogP contribution in [0.15, 0.2) is 11.1 Å². The molecule has 11 heavy (non-hydrogen) atoms. The number of nitrogens with one attached hydrogen (secondary N) is 2. The van der Waals surface area contributed by atoms with Crippen LogP contribution >= 0.6 is 0 Å². The van der Waals surface area contributed by atoms with E-state index in [0.29, 0.717) is 11.2 Å². The van der Waals surface area contributed by atoms with Gasteiger partial charge in [-0.3, -0.25) is 9.78 Å². The van der Waals surface area contributed by atoms with E-state index in [2.05, 4.69) is 19.9 Å². The van der Waals surface area contributed by atoms with Gasteiger partial charge in [0.1, 0.15) is 0 Å². The normalized spacial score (nSPS) is 10.5. The van der Waals surface area contributed by atoms with Gasteiger partial charge in [0.15, 0.2) is 11.2 Å². The number of hydrogen-bond acceptors (Lipinski definition) is 4. The average Bonchev–Trinajstić information content (AvgIpc) is 2.34. The summed E-state index contributed by atoms with van der Waals surface area (Å²) in [6.45, 7) is 0. The number of rotatable bonds is 0. The number of aromatic nitrogens is 4. The molecular formula is C5H5N5O. The Bertz CT molecular complexity index is 441. The third kappa shape index (κ3) is 0.759. The minimum atomic E-state index is -0.301. The van der Waals surface area contributed by atoms with Crippen molar-refractivity contribution >= 4 is 17.1 Å². The Labute approximate surface area is 60.5 Å². The van der Waals surface area contributed by atoms with E-state index in [1.807, 2.05) is 0 Å². The van der Waals surface area contributed by atoms with Crippen LogP contribution in [0.2, 0.25) is 0 Å². The minimum absolute atomic E-state index is 0.0783. The number of H-pyrrole nitrogens is 2. The summed E-state index contributed by atoms with van der Waals surface area (Å²) in [7, 11) is 0. The predicted octanol–water partition coefficient (Wildman–Crippen LogP) is -0.772. The molecule has 0 aliphatic rings. The van der Waals surface area contributed by atoms with Gasteiger partial charge in [-0.05, 0) is 0 Å². The first-order chi connectivity index (χ1) is 5.27. The largest absolute Gasteiger partial charge is 0.369 e. The maximum Gasteiger partial charge on any atom is 0.278 e. The fourth-order valence-corrected chi connectivity index (χ4v) is 0.860. The molecule has 6 nitrogen and oxygen atoms in total. The zero-order valence-electron chi connectivity index (χ0n) is 5.46. The Balaban J connectivity index is 3.02. The van der Waals surface area contributed by atoms with Gasteiger partial charge < -0.3 is 10.7 Å². The van der Waals surface area contributed by atoms with Crippen LogP contribution in [0.25, 0.3) is 11.2 Å². The van der Waals surface area contributed by atoms with Crippen molar-refractivity contribution in [3.05, 3.63) is 16.7 Å². The Kier molecular flexibility index (Phi) is 0.974. The third-order valence-corrected chi connectivity index (χ3v) is 1.31. The standard InChI is InChI=1S/C5H5N5O/c6-5-9-3-2(4(11)10-5)7-1-8-3/h1H,(H4,6,7,8,9,10,11)/i1+1,7+1,8+1. The summed E-state index contributed by atoms with van der Waals surface area (Å²) in [5.41, 5.74) is 5.65. The second kappa shape index (κ2) is 1.82. The molecule has 0 aliphatic heterocycles. The lowest BCUT2D eigenvalue weighted by Crippen LogP contribution is -2.10. The highest BCUT2D eigenvalue weighted by Crippen LogP contribution is 1.98. The van der Waals surface area contributed by atoms with Crippen LogP contribution in [0.3, 0.4) is 0 Å². The van der Waals surface area contributed by atoms with Gasteiger partial charge in [-0.2, -0.15) is 4.98 Å². The van der Waals surface area contributed by atoms with Crippen LogP contribution in [0.4, 0.5) is 5.95 Å². The van der Waals surface area contributed by atoms with Gasteiger partial charge >= 0.3 is 0 Å². The summed E-state index contributed by atoms with van der Waals surface area (Å²) in [6.07, 6.45) is 1.40. The molecular weight excluding hydrogens is 149 g/mol. The van der Waals surface area contributed by atoms with Crippen molar-refractivity contribution in [2.45, 2.75) is 0 Å². The smallest absolute Gasteiger partial charge is 0.278 e. The Morgan fingerprint density at radius 3 is 3.18 bits per heavy atom. The Hall–Kier alpha value is -1.85. The summed E-state index contributed by atoms with van der Waals surface area (Å²) in [5, 5.41) is 0. The predicted molar refractivity (Wildman–Crippen MR) is 38.9 cm³/mol. The van der Waals surface area contributed by atoms with Gasteiger partial charge in [-0.1, -0.05) is 0 Å². The molecule has 0 saturated heterocycles. The molecule has 2 heterocycles. The highest BCUT2D eigenvalue weighted by molar-refractivity contribution is 5.69. The van der Waals surface area contributed by atoms with E-state index in [1.54, 1.807) is 0 Å². The van der Waals surface area contributed by atoms with Gasteiger partial charge in [0.25, 0.3) is 5.56 Å². The first-order valence-electron chi connectivity index (χ1n) is 2.96. The number of hydrogen-bond donors (Lipinski definition) is 3. The number of imidazole rings is 1. The molecule has 0 spiro atoms.